The van der Waals surface area contributed by atoms with E-state index in [9.17, 15) is 13.6 Å². The van der Waals surface area contributed by atoms with Crippen LogP contribution in [0.2, 0.25) is 0 Å². The van der Waals surface area contributed by atoms with Gasteiger partial charge in [-0.25, -0.2) is 0 Å². The molecule has 5 heteroatoms. The normalized spacial score (nSPS) is 11.0. The zero-order chi connectivity index (χ0) is 16.7. The van der Waals surface area contributed by atoms with Crippen molar-refractivity contribution >= 4 is 12.0 Å². The molecular weight excluding hydrogens is 300 g/mol. The van der Waals surface area contributed by atoms with Crippen LogP contribution in [0.25, 0.3) is 6.08 Å². The van der Waals surface area contributed by atoms with Crippen LogP contribution in [0.3, 0.4) is 0 Å². The fourth-order valence-electron chi connectivity index (χ4n) is 2.06. The Morgan fingerprint density at radius 2 is 2.00 bits per heavy atom. The van der Waals surface area contributed by atoms with Gasteiger partial charge in [-0.05, 0) is 24.6 Å². The van der Waals surface area contributed by atoms with Crippen molar-refractivity contribution in [2.45, 2.75) is 20.1 Å². The summed E-state index contributed by atoms with van der Waals surface area (Å²) in [7, 11) is 0. The van der Waals surface area contributed by atoms with Crippen molar-refractivity contribution < 1.29 is 18.3 Å². The van der Waals surface area contributed by atoms with Crippen LogP contribution in [-0.2, 0) is 11.3 Å². The molecule has 1 N–H and O–H groups in total. The van der Waals surface area contributed by atoms with E-state index in [1.807, 2.05) is 31.2 Å². The van der Waals surface area contributed by atoms with Crippen LogP contribution >= 0.6 is 0 Å². The molecule has 0 aliphatic rings. The van der Waals surface area contributed by atoms with Crippen molar-refractivity contribution in [2.24, 2.45) is 0 Å². The lowest BCUT2D eigenvalue weighted by Crippen LogP contribution is -2.20. The largest absolute Gasteiger partial charge is 0.434 e. The second-order valence-corrected chi connectivity index (χ2v) is 4.96. The summed E-state index contributed by atoms with van der Waals surface area (Å²) in [6.07, 6.45) is 2.74. The lowest BCUT2D eigenvalue weighted by Gasteiger charge is -2.07. The molecule has 0 saturated heterocycles. The maximum absolute atomic E-state index is 12.3. The number of alkyl halides is 2. The molecule has 0 bridgehead atoms. The highest BCUT2D eigenvalue weighted by Gasteiger charge is 2.07. The molecule has 120 valence electrons. The van der Waals surface area contributed by atoms with Gasteiger partial charge in [0.15, 0.2) is 0 Å². The van der Waals surface area contributed by atoms with Crippen LogP contribution in [0.4, 0.5) is 8.78 Å². The predicted octanol–water partition coefficient (Wildman–Crippen LogP) is 3.93. The molecule has 0 aliphatic heterocycles. The van der Waals surface area contributed by atoms with E-state index in [0.717, 1.165) is 11.1 Å². The van der Waals surface area contributed by atoms with E-state index in [1.165, 1.54) is 18.2 Å². The maximum atomic E-state index is 12.3. The number of aryl methyl sites for hydroxylation is 1. The number of nitrogens with one attached hydrogen (secondary N) is 1. The first kappa shape index (κ1) is 16.7. The number of benzene rings is 2. The third-order valence-corrected chi connectivity index (χ3v) is 3.10. The van der Waals surface area contributed by atoms with Crippen molar-refractivity contribution in [1.29, 1.82) is 0 Å². The predicted molar refractivity (Wildman–Crippen MR) is 85.1 cm³/mol. The second kappa shape index (κ2) is 8.08. The Kier molecular flexibility index (Phi) is 5.86. The summed E-state index contributed by atoms with van der Waals surface area (Å²) in [4.78, 5) is 11.8. The highest BCUT2D eigenvalue weighted by Crippen LogP contribution is 2.21. The van der Waals surface area contributed by atoms with Crippen LogP contribution in [0.5, 0.6) is 5.75 Å². The lowest BCUT2D eigenvalue weighted by molar-refractivity contribution is -0.116. The van der Waals surface area contributed by atoms with Gasteiger partial charge in [0, 0.05) is 18.2 Å². The molecule has 0 heterocycles. The van der Waals surface area contributed by atoms with Crippen LogP contribution in [0, 0.1) is 6.92 Å². The number of halogens is 2. The number of hydrogen-bond acceptors (Lipinski definition) is 2. The summed E-state index contributed by atoms with van der Waals surface area (Å²) >= 11 is 0. The molecular formula is C18H17F2NO2. The SMILES string of the molecule is Cc1cccc(CNC(=O)/C=C/c2ccccc2OC(F)F)c1. The number of hydrogen-bond donors (Lipinski definition) is 1. The molecule has 0 spiro atoms. The second-order valence-electron chi connectivity index (χ2n) is 4.96. The maximum Gasteiger partial charge on any atom is 0.387 e. The molecule has 0 saturated carbocycles. The Morgan fingerprint density at radius 3 is 2.74 bits per heavy atom. The van der Waals surface area contributed by atoms with E-state index in [4.69, 9.17) is 0 Å². The van der Waals surface area contributed by atoms with Gasteiger partial charge in [-0.2, -0.15) is 8.78 Å². The Hall–Kier alpha value is -2.69. The fraction of sp³-hybridized carbons (Fsp3) is 0.167. The fourth-order valence-corrected chi connectivity index (χ4v) is 2.06. The third-order valence-electron chi connectivity index (χ3n) is 3.10. The number of carbonyl (C=O) groups excluding carboxylic acids is 1. The number of para-hydroxylation sites is 1. The molecule has 23 heavy (non-hydrogen) atoms. The Morgan fingerprint density at radius 1 is 1.22 bits per heavy atom. The molecule has 0 radical (unpaired) electrons. The van der Waals surface area contributed by atoms with E-state index in [-0.39, 0.29) is 11.7 Å². The van der Waals surface area contributed by atoms with Gasteiger partial charge in [0.1, 0.15) is 5.75 Å². The van der Waals surface area contributed by atoms with Gasteiger partial charge >= 0.3 is 6.61 Å². The first-order valence-electron chi connectivity index (χ1n) is 7.10. The van der Waals surface area contributed by atoms with Crippen molar-refractivity contribution in [1.82, 2.24) is 5.32 Å². The number of ether oxygens (including phenoxy) is 1. The first-order valence-corrected chi connectivity index (χ1v) is 7.10. The van der Waals surface area contributed by atoms with Crippen LogP contribution in [0.1, 0.15) is 16.7 Å². The molecule has 2 aromatic carbocycles. The van der Waals surface area contributed by atoms with Gasteiger partial charge in [-0.15, -0.1) is 0 Å². The Balaban J connectivity index is 1.96. The highest BCUT2D eigenvalue weighted by molar-refractivity contribution is 5.92. The third kappa shape index (κ3) is 5.54. The molecule has 0 fully saturated rings. The summed E-state index contributed by atoms with van der Waals surface area (Å²) < 4.78 is 29.0. The zero-order valence-corrected chi connectivity index (χ0v) is 12.6. The molecule has 0 unspecified atom stereocenters. The molecule has 0 atom stereocenters. The monoisotopic (exact) mass is 317 g/mol. The highest BCUT2D eigenvalue weighted by atomic mass is 19.3. The molecule has 2 rings (SSSR count). The standard InChI is InChI=1S/C18H17F2NO2/c1-13-5-4-6-14(11-13)12-21-17(22)10-9-15-7-2-3-8-16(15)23-18(19)20/h2-11,18H,12H2,1H3,(H,21,22)/b10-9+. The summed E-state index contributed by atoms with van der Waals surface area (Å²) in [5, 5.41) is 2.74. The van der Waals surface area contributed by atoms with Gasteiger partial charge in [0.2, 0.25) is 5.91 Å². The van der Waals surface area contributed by atoms with Crippen LogP contribution in [0.15, 0.2) is 54.6 Å². The summed E-state index contributed by atoms with van der Waals surface area (Å²) in [6.45, 7) is -0.523. The minimum absolute atomic E-state index is 0.0326. The van der Waals surface area contributed by atoms with Gasteiger partial charge in [0.05, 0.1) is 0 Å². The lowest BCUT2D eigenvalue weighted by atomic mass is 10.1. The average molecular weight is 317 g/mol. The van der Waals surface area contributed by atoms with Crippen LogP contribution < -0.4 is 10.1 Å². The number of amides is 1. The van der Waals surface area contributed by atoms with Gasteiger partial charge in [0.25, 0.3) is 0 Å². The van der Waals surface area contributed by atoms with E-state index < -0.39 is 6.61 Å². The number of rotatable bonds is 6. The number of carbonyl (C=O) groups is 1. The molecule has 0 aromatic heterocycles. The molecule has 2 aromatic rings. The van der Waals surface area contributed by atoms with Crippen molar-refractivity contribution in [3.63, 3.8) is 0 Å². The minimum atomic E-state index is -2.90. The van der Waals surface area contributed by atoms with Crippen LogP contribution in [-0.4, -0.2) is 12.5 Å². The molecule has 1 amide bonds. The molecule has 0 aliphatic carbocycles. The van der Waals surface area contributed by atoms with E-state index in [2.05, 4.69) is 10.1 Å². The van der Waals surface area contributed by atoms with E-state index >= 15 is 0 Å². The summed E-state index contributed by atoms with van der Waals surface area (Å²) in [5.41, 5.74) is 2.53. The van der Waals surface area contributed by atoms with Crippen molar-refractivity contribution in [3.8, 4) is 5.75 Å². The van der Waals surface area contributed by atoms with E-state index in [1.54, 1.807) is 18.2 Å². The zero-order valence-electron chi connectivity index (χ0n) is 12.6. The van der Waals surface area contributed by atoms with Gasteiger partial charge in [-0.1, -0.05) is 48.0 Å². The Bertz CT molecular complexity index is 699. The minimum Gasteiger partial charge on any atom is -0.434 e. The average Bonchev–Trinajstić information content (AvgIpc) is 2.51. The molecule has 3 nitrogen and oxygen atoms in total. The Labute approximate surface area is 133 Å². The first-order chi connectivity index (χ1) is 11.0. The van der Waals surface area contributed by atoms with Crippen molar-refractivity contribution in [2.75, 3.05) is 0 Å². The smallest absolute Gasteiger partial charge is 0.387 e. The summed E-state index contributed by atoms with van der Waals surface area (Å²) in [6, 6.07) is 14.1. The van der Waals surface area contributed by atoms with E-state index in [0.29, 0.717) is 12.1 Å². The van der Waals surface area contributed by atoms with Crippen molar-refractivity contribution in [3.05, 3.63) is 71.3 Å². The van der Waals surface area contributed by atoms with Gasteiger partial charge in [-0.3, -0.25) is 4.79 Å². The topological polar surface area (TPSA) is 38.3 Å². The van der Waals surface area contributed by atoms with Gasteiger partial charge < -0.3 is 10.1 Å². The quantitative estimate of drug-likeness (QED) is 0.820. The summed E-state index contributed by atoms with van der Waals surface area (Å²) in [5.74, 6) is -0.274.